The summed E-state index contributed by atoms with van der Waals surface area (Å²) in [6.07, 6.45) is 4.73. The van der Waals surface area contributed by atoms with E-state index >= 15 is 0 Å². The van der Waals surface area contributed by atoms with Crippen LogP contribution in [0, 0.1) is 11.3 Å². The Morgan fingerprint density at radius 3 is 2.79 bits per heavy atom. The number of hydrogen-bond acceptors (Lipinski definition) is 2. The van der Waals surface area contributed by atoms with Gasteiger partial charge in [-0.1, -0.05) is 23.2 Å². The Labute approximate surface area is 124 Å². The van der Waals surface area contributed by atoms with Crippen LogP contribution < -0.4 is 5.73 Å². The summed E-state index contributed by atoms with van der Waals surface area (Å²) in [4.78, 5) is 0. The lowest BCUT2D eigenvalue weighted by molar-refractivity contribution is 0.0345. The van der Waals surface area contributed by atoms with Crippen LogP contribution >= 0.6 is 23.2 Å². The molecule has 1 aliphatic carbocycles. The topological polar surface area (TPSA) is 35.2 Å². The minimum atomic E-state index is 0.0372. The summed E-state index contributed by atoms with van der Waals surface area (Å²) in [6, 6.07) is 5.65. The molecule has 4 heteroatoms. The number of halogens is 2. The maximum absolute atomic E-state index is 6.30. The molecule has 1 saturated heterocycles. The summed E-state index contributed by atoms with van der Waals surface area (Å²) >= 11 is 12.4. The molecule has 1 aromatic rings. The Morgan fingerprint density at radius 2 is 2.11 bits per heavy atom. The summed E-state index contributed by atoms with van der Waals surface area (Å²) in [5.41, 5.74) is 7.24. The van der Waals surface area contributed by atoms with Crippen LogP contribution in [-0.4, -0.2) is 19.3 Å². The maximum atomic E-state index is 6.30. The number of rotatable bonds is 4. The third-order valence-corrected chi connectivity index (χ3v) is 5.11. The molecule has 1 saturated carbocycles. The molecule has 2 nitrogen and oxygen atoms in total. The molecule has 0 spiro atoms. The Balaban J connectivity index is 1.87. The highest BCUT2D eigenvalue weighted by molar-refractivity contribution is 6.33. The number of ether oxygens (including phenoxy) is 1. The van der Waals surface area contributed by atoms with E-state index in [0.29, 0.717) is 18.6 Å². The van der Waals surface area contributed by atoms with Crippen molar-refractivity contribution in [3.8, 4) is 0 Å². The molecule has 1 heterocycles. The van der Waals surface area contributed by atoms with Gasteiger partial charge in [-0.3, -0.25) is 0 Å². The van der Waals surface area contributed by atoms with Crippen LogP contribution in [0.2, 0.25) is 10.0 Å². The van der Waals surface area contributed by atoms with Crippen molar-refractivity contribution in [3.05, 3.63) is 33.8 Å². The molecule has 2 fully saturated rings. The van der Waals surface area contributed by atoms with Crippen molar-refractivity contribution >= 4 is 23.2 Å². The van der Waals surface area contributed by atoms with Gasteiger partial charge in [-0.2, -0.15) is 0 Å². The monoisotopic (exact) mass is 299 g/mol. The fourth-order valence-electron chi connectivity index (χ4n) is 3.28. The normalized spacial score (nSPS) is 30.8. The van der Waals surface area contributed by atoms with Gasteiger partial charge in [-0.15, -0.1) is 0 Å². The van der Waals surface area contributed by atoms with Crippen molar-refractivity contribution in [2.45, 2.75) is 31.8 Å². The second-order valence-electron chi connectivity index (χ2n) is 5.86. The molecule has 0 radical (unpaired) electrons. The van der Waals surface area contributed by atoms with Crippen molar-refractivity contribution in [1.29, 1.82) is 0 Å². The summed E-state index contributed by atoms with van der Waals surface area (Å²) in [6.45, 7) is 1.47. The van der Waals surface area contributed by atoms with E-state index in [-0.39, 0.29) is 5.41 Å². The van der Waals surface area contributed by atoms with Crippen molar-refractivity contribution < 1.29 is 4.74 Å². The molecule has 0 amide bonds. The first-order chi connectivity index (χ1) is 9.14. The second kappa shape index (κ2) is 5.25. The van der Waals surface area contributed by atoms with Crippen LogP contribution in [0.25, 0.3) is 0 Å². The van der Waals surface area contributed by atoms with Crippen LogP contribution in [0.15, 0.2) is 18.2 Å². The van der Waals surface area contributed by atoms with Gasteiger partial charge in [0.2, 0.25) is 0 Å². The molecule has 2 N–H and O–H groups in total. The number of benzene rings is 1. The first-order valence-electron chi connectivity index (χ1n) is 6.90. The van der Waals surface area contributed by atoms with Gasteiger partial charge in [0.25, 0.3) is 0 Å². The molecule has 104 valence electrons. The molecule has 0 aromatic heterocycles. The fraction of sp³-hybridized carbons (Fsp3) is 0.600. The van der Waals surface area contributed by atoms with Crippen LogP contribution in [0.4, 0.5) is 0 Å². The summed E-state index contributed by atoms with van der Waals surface area (Å²) in [7, 11) is 0. The van der Waals surface area contributed by atoms with E-state index in [1.807, 2.05) is 18.2 Å². The SMILES string of the molecule is NCC1(Cc2cc(Cl)ccc2Cl)CCOC1C1CC1. The molecule has 2 unspecified atom stereocenters. The highest BCUT2D eigenvalue weighted by atomic mass is 35.5. The minimum absolute atomic E-state index is 0.0372. The summed E-state index contributed by atoms with van der Waals surface area (Å²) in [5, 5.41) is 1.51. The second-order valence-corrected chi connectivity index (χ2v) is 6.70. The molecular weight excluding hydrogens is 281 g/mol. The smallest absolute Gasteiger partial charge is 0.0675 e. The quantitative estimate of drug-likeness (QED) is 0.920. The van der Waals surface area contributed by atoms with Crippen LogP contribution in [-0.2, 0) is 11.2 Å². The Bertz CT molecular complexity index is 475. The lowest BCUT2D eigenvalue weighted by atomic mass is 9.74. The van der Waals surface area contributed by atoms with E-state index in [9.17, 15) is 0 Å². The number of nitrogens with two attached hydrogens (primary N) is 1. The van der Waals surface area contributed by atoms with Crippen molar-refractivity contribution in [3.63, 3.8) is 0 Å². The van der Waals surface area contributed by atoms with Crippen LogP contribution in [0.1, 0.15) is 24.8 Å². The van der Waals surface area contributed by atoms with E-state index in [1.54, 1.807) is 0 Å². The molecule has 2 atom stereocenters. The Hall–Kier alpha value is -0.280. The molecule has 0 bridgehead atoms. The van der Waals surface area contributed by atoms with Gasteiger partial charge in [0.15, 0.2) is 0 Å². The van der Waals surface area contributed by atoms with Gasteiger partial charge in [0, 0.05) is 28.6 Å². The highest BCUT2D eigenvalue weighted by Gasteiger charge is 2.50. The van der Waals surface area contributed by atoms with Crippen molar-refractivity contribution in [2.24, 2.45) is 17.1 Å². The zero-order chi connectivity index (χ0) is 13.5. The average Bonchev–Trinajstić information content (AvgIpc) is 3.16. The van der Waals surface area contributed by atoms with E-state index in [1.165, 1.54) is 12.8 Å². The zero-order valence-corrected chi connectivity index (χ0v) is 12.4. The minimum Gasteiger partial charge on any atom is -0.377 e. The summed E-state index contributed by atoms with van der Waals surface area (Å²) < 4.78 is 5.97. The average molecular weight is 300 g/mol. The van der Waals surface area contributed by atoms with E-state index < -0.39 is 0 Å². The predicted octanol–water partition coefficient (Wildman–Crippen LogP) is 3.68. The van der Waals surface area contributed by atoms with Gasteiger partial charge in [0.05, 0.1) is 6.10 Å². The van der Waals surface area contributed by atoms with Gasteiger partial charge < -0.3 is 10.5 Å². The first kappa shape index (κ1) is 13.7. The van der Waals surface area contributed by atoms with E-state index in [0.717, 1.165) is 35.1 Å². The van der Waals surface area contributed by atoms with Crippen molar-refractivity contribution in [2.75, 3.05) is 13.2 Å². The first-order valence-corrected chi connectivity index (χ1v) is 7.66. The van der Waals surface area contributed by atoms with Gasteiger partial charge in [-0.05, 0) is 55.4 Å². The molecule has 1 aliphatic heterocycles. The van der Waals surface area contributed by atoms with Crippen LogP contribution in [0.3, 0.4) is 0 Å². The third kappa shape index (κ3) is 2.64. The van der Waals surface area contributed by atoms with Gasteiger partial charge in [-0.25, -0.2) is 0 Å². The number of hydrogen-bond donors (Lipinski definition) is 1. The molecule has 1 aromatic carbocycles. The fourth-order valence-corrected chi connectivity index (χ4v) is 3.66. The lowest BCUT2D eigenvalue weighted by Crippen LogP contribution is -2.41. The Morgan fingerprint density at radius 1 is 1.32 bits per heavy atom. The van der Waals surface area contributed by atoms with Crippen molar-refractivity contribution in [1.82, 2.24) is 0 Å². The summed E-state index contributed by atoms with van der Waals surface area (Å²) in [5.74, 6) is 0.698. The van der Waals surface area contributed by atoms with Crippen LogP contribution in [0.5, 0.6) is 0 Å². The predicted molar refractivity (Wildman–Crippen MR) is 78.7 cm³/mol. The van der Waals surface area contributed by atoms with Gasteiger partial charge >= 0.3 is 0 Å². The molecule has 19 heavy (non-hydrogen) atoms. The largest absolute Gasteiger partial charge is 0.377 e. The lowest BCUT2D eigenvalue weighted by Gasteiger charge is -2.33. The highest BCUT2D eigenvalue weighted by Crippen LogP contribution is 2.49. The molecular formula is C15H19Cl2NO. The van der Waals surface area contributed by atoms with E-state index in [2.05, 4.69) is 0 Å². The maximum Gasteiger partial charge on any atom is 0.0675 e. The Kier molecular flexibility index (Phi) is 3.78. The molecule has 3 rings (SSSR count). The third-order valence-electron chi connectivity index (χ3n) is 4.51. The molecule has 2 aliphatic rings. The van der Waals surface area contributed by atoms with E-state index in [4.69, 9.17) is 33.7 Å². The zero-order valence-electron chi connectivity index (χ0n) is 10.9. The standard InChI is InChI=1S/C15H19Cl2NO/c16-12-3-4-13(17)11(7-12)8-15(9-18)5-6-19-14(15)10-1-2-10/h3-4,7,10,14H,1-2,5-6,8-9,18H2. The van der Waals surface area contributed by atoms with Gasteiger partial charge in [0.1, 0.15) is 0 Å².